The molecule has 1 amide bonds. The molecule has 0 aliphatic carbocycles. The summed E-state index contributed by atoms with van der Waals surface area (Å²) >= 11 is 0. The summed E-state index contributed by atoms with van der Waals surface area (Å²) < 4.78 is 62.3. The number of likely N-dealkylation sites (tertiary alicyclic amines) is 1. The number of pyridine rings is 1. The Balaban J connectivity index is 1.79. The van der Waals surface area contributed by atoms with Crippen LogP contribution in [0.2, 0.25) is 0 Å². The molecule has 0 spiro atoms. The summed E-state index contributed by atoms with van der Waals surface area (Å²) in [6.07, 6.45) is -3.68. The van der Waals surface area contributed by atoms with E-state index in [4.69, 9.17) is 0 Å². The van der Waals surface area contributed by atoms with Crippen LogP contribution < -0.4 is 0 Å². The Morgan fingerprint density at radius 1 is 1.28 bits per heavy atom. The molecule has 3 rings (SSSR count). The molecule has 3 atom stereocenters. The highest BCUT2D eigenvalue weighted by Crippen LogP contribution is 2.36. The second-order valence-electron chi connectivity index (χ2n) is 6.70. The van der Waals surface area contributed by atoms with Crippen LogP contribution in [0.25, 0.3) is 0 Å². The summed E-state index contributed by atoms with van der Waals surface area (Å²) in [6, 6.07) is 1.66. The number of amides is 1. The van der Waals surface area contributed by atoms with E-state index in [2.05, 4.69) is 4.98 Å². The highest BCUT2D eigenvalue weighted by atomic mass is 32.2. The van der Waals surface area contributed by atoms with Crippen molar-refractivity contribution < 1.29 is 26.4 Å². The van der Waals surface area contributed by atoms with Crippen LogP contribution >= 0.6 is 0 Å². The summed E-state index contributed by atoms with van der Waals surface area (Å²) in [7, 11) is 0.304. The molecule has 1 aromatic heterocycles. The Hall–Kier alpha value is -1.68. The predicted octanol–water partition coefficient (Wildman–Crippen LogP) is 0.900. The number of carbonyl (C=O) groups is 1. The Kier molecular flexibility index (Phi) is 4.31. The number of hydrogen-bond acceptors (Lipinski definition) is 5. The van der Waals surface area contributed by atoms with Crippen molar-refractivity contribution >= 4 is 15.7 Å². The van der Waals surface area contributed by atoms with Crippen LogP contribution in [0.3, 0.4) is 0 Å². The molecule has 3 heterocycles. The van der Waals surface area contributed by atoms with Crippen molar-refractivity contribution in [3.8, 4) is 0 Å². The fourth-order valence-electron chi connectivity index (χ4n) is 3.60. The van der Waals surface area contributed by atoms with Gasteiger partial charge in [0.15, 0.2) is 9.84 Å². The third-order valence-corrected chi connectivity index (χ3v) is 7.15. The molecule has 0 radical (unpaired) electrons. The molecule has 0 saturated carbocycles. The van der Waals surface area contributed by atoms with Gasteiger partial charge in [-0.3, -0.25) is 9.78 Å². The third kappa shape index (κ3) is 3.24. The Morgan fingerprint density at radius 3 is 2.48 bits per heavy atom. The minimum absolute atomic E-state index is 0.0202. The largest absolute Gasteiger partial charge is 0.433 e. The molecular formula is C15H18F3N3O3S. The Morgan fingerprint density at radius 2 is 1.96 bits per heavy atom. The average molecular weight is 377 g/mol. The Bertz CT molecular complexity index is 777. The Labute approximate surface area is 143 Å². The molecule has 138 valence electrons. The summed E-state index contributed by atoms with van der Waals surface area (Å²) in [5.41, 5.74) is -1.05. The van der Waals surface area contributed by atoms with Gasteiger partial charge in [-0.05, 0) is 26.2 Å². The molecule has 0 unspecified atom stereocenters. The SMILES string of the molecule is CN(C)[C@@H]1CS(=O)(=O)[C@H]2CN(C(=O)c3ccc(C(F)(F)F)nc3)C[C@@H]12. The van der Waals surface area contributed by atoms with E-state index in [1.54, 1.807) is 14.1 Å². The number of hydrogen-bond donors (Lipinski definition) is 0. The average Bonchev–Trinajstić information content (AvgIpc) is 3.05. The molecular weight excluding hydrogens is 359 g/mol. The second-order valence-corrected chi connectivity index (χ2v) is 8.97. The molecule has 0 N–H and O–H groups in total. The topological polar surface area (TPSA) is 70.6 Å². The smallest absolute Gasteiger partial charge is 0.337 e. The van der Waals surface area contributed by atoms with Crippen molar-refractivity contribution in [3.63, 3.8) is 0 Å². The maximum Gasteiger partial charge on any atom is 0.433 e. The highest BCUT2D eigenvalue weighted by molar-refractivity contribution is 7.92. The van der Waals surface area contributed by atoms with Gasteiger partial charge in [-0.25, -0.2) is 8.42 Å². The first-order valence-electron chi connectivity index (χ1n) is 7.71. The van der Waals surface area contributed by atoms with Crippen LogP contribution in [0.5, 0.6) is 0 Å². The summed E-state index contributed by atoms with van der Waals surface area (Å²) in [5.74, 6) is -0.617. The first-order chi connectivity index (χ1) is 11.5. The van der Waals surface area contributed by atoms with E-state index >= 15 is 0 Å². The highest BCUT2D eigenvalue weighted by Gasteiger charge is 2.53. The van der Waals surface area contributed by atoms with Gasteiger partial charge >= 0.3 is 6.18 Å². The van der Waals surface area contributed by atoms with Gasteiger partial charge in [0.1, 0.15) is 5.69 Å². The molecule has 25 heavy (non-hydrogen) atoms. The number of carbonyl (C=O) groups excluding carboxylic acids is 1. The first kappa shape index (κ1) is 18.1. The van der Waals surface area contributed by atoms with E-state index in [0.717, 1.165) is 18.3 Å². The van der Waals surface area contributed by atoms with E-state index in [1.807, 2.05) is 4.90 Å². The van der Waals surface area contributed by atoms with Crippen LogP contribution in [-0.2, 0) is 16.0 Å². The fraction of sp³-hybridized carbons (Fsp3) is 0.600. The maximum atomic E-state index is 12.6. The first-order valence-corrected chi connectivity index (χ1v) is 9.43. The minimum atomic E-state index is -4.57. The predicted molar refractivity (Wildman–Crippen MR) is 83.7 cm³/mol. The zero-order valence-electron chi connectivity index (χ0n) is 13.7. The van der Waals surface area contributed by atoms with Crippen molar-refractivity contribution in [2.24, 2.45) is 5.92 Å². The number of alkyl halides is 3. The zero-order chi connectivity index (χ0) is 18.6. The summed E-state index contributed by atoms with van der Waals surface area (Å²) in [4.78, 5) is 19.0. The third-order valence-electron chi connectivity index (χ3n) is 4.92. The van der Waals surface area contributed by atoms with Crippen molar-refractivity contribution in [2.75, 3.05) is 32.9 Å². The van der Waals surface area contributed by atoms with Crippen LogP contribution in [0, 0.1) is 5.92 Å². The van der Waals surface area contributed by atoms with Gasteiger partial charge in [0, 0.05) is 31.2 Å². The van der Waals surface area contributed by atoms with E-state index in [1.165, 1.54) is 4.90 Å². The van der Waals surface area contributed by atoms with Gasteiger partial charge in [-0.15, -0.1) is 0 Å². The molecule has 6 nitrogen and oxygen atoms in total. The van der Waals surface area contributed by atoms with E-state index in [0.29, 0.717) is 0 Å². The second kappa shape index (κ2) is 5.94. The molecule has 0 bridgehead atoms. The van der Waals surface area contributed by atoms with Crippen molar-refractivity contribution in [3.05, 3.63) is 29.6 Å². The van der Waals surface area contributed by atoms with Gasteiger partial charge in [-0.1, -0.05) is 0 Å². The van der Waals surface area contributed by atoms with Crippen LogP contribution in [0.4, 0.5) is 13.2 Å². The zero-order valence-corrected chi connectivity index (χ0v) is 14.5. The lowest BCUT2D eigenvalue weighted by molar-refractivity contribution is -0.141. The number of nitrogens with zero attached hydrogens (tertiary/aromatic N) is 3. The normalized spacial score (nSPS) is 28.4. The number of halogens is 3. The summed E-state index contributed by atoms with van der Waals surface area (Å²) in [6.45, 7) is 0.337. The number of rotatable bonds is 2. The standard InChI is InChI=1S/C15H18F3N3O3S/c1-20(2)11-8-25(23,24)12-7-21(6-10(11)12)14(22)9-3-4-13(19-5-9)15(16,17)18/h3-5,10-12H,6-8H2,1-2H3/t10-,11+,12-/m0/s1. The fourth-order valence-corrected chi connectivity index (χ4v) is 6.08. The number of sulfone groups is 1. The van der Waals surface area contributed by atoms with Crippen LogP contribution in [-0.4, -0.2) is 73.3 Å². The van der Waals surface area contributed by atoms with Gasteiger partial charge in [-0.2, -0.15) is 13.2 Å². The number of aromatic nitrogens is 1. The van der Waals surface area contributed by atoms with Crippen LogP contribution in [0.1, 0.15) is 16.1 Å². The molecule has 2 aliphatic rings. The van der Waals surface area contributed by atoms with Crippen molar-refractivity contribution in [1.82, 2.24) is 14.8 Å². The van der Waals surface area contributed by atoms with Gasteiger partial charge < -0.3 is 9.80 Å². The molecule has 2 saturated heterocycles. The minimum Gasteiger partial charge on any atom is -0.337 e. The van der Waals surface area contributed by atoms with E-state index in [-0.39, 0.29) is 36.4 Å². The molecule has 2 fully saturated rings. The molecule has 1 aromatic rings. The van der Waals surface area contributed by atoms with Crippen LogP contribution in [0.15, 0.2) is 18.3 Å². The van der Waals surface area contributed by atoms with Crippen molar-refractivity contribution in [2.45, 2.75) is 17.5 Å². The quantitative estimate of drug-likeness (QED) is 0.766. The lowest BCUT2D eigenvalue weighted by atomic mass is 10.00. The van der Waals surface area contributed by atoms with Crippen molar-refractivity contribution in [1.29, 1.82) is 0 Å². The lowest BCUT2D eigenvalue weighted by Gasteiger charge is -2.25. The van der Waals surface area contributed by atoms with Gasteiger partial charge in [0.05, 0.1) is 16.6 Å². The molecule has 10 heteroatoms. The molecule has 0 aromatic carbocycles. The monoisotopic (exact) mass is 377 g/mol. The van der Waals surface area contributed by atoms with Gasteiger partial charge in [0.25, 0.3) is 5.91 Å². The maximum absolute atomic E-state index is 12.6. The number of fused-ring (bicyclic) bond motifs is 1. The summed E-state index contributed by atoms with van der Waals surface area (Å²) in [5, 5.41) is -0.619. The van der Waals surface area contributed by atoms with E-state index in [9.17, 15) is 26.4 Å². The van der Waals surface area contributed by atoms with Gasteiger partial charge in [0.2, 0.25) is 0 Å². The lowest BCUT2D eigenvalue weighted by Crippen LogP contribution is -2.38. The van der Waals surface area contributed by atoms with E-state index < -0.39 is 32.9 Å². The molecule has 2 aliphatic heterocycles.